The Labute approximate surface area is 163 Å². The van der Waals surface area contributed by atoms with E-state index in [1.165, 1.54) is 6.42 Å². The third-order valence-corrected chi connectivity index (χ3v) is 5.74. The molecule has 136 valence electrons. The molecule has 0 radical (unpaired) electrons. The smallest absolute Gasteiger partial charge is 0.224 e. The number of hydrogen-bond acceptors (Lipinski definition) is 4. The number of nitrogens with zero attached hydrogens (tertiary/aromatic N) is 1. The number of fused-ring (bicyclic) bond motifs is 1. The molecular weight excluding hydrogens is 366 g/mol. The molecule has 1 aromatic heterocycles. The highest BCUT2D eigenvalue weighted by Gasteiger charge is 2.17. The van der Waals surface area contributed by atoms with Crippen molar-refractivity contribution in [3.05, 3.63) is 48.5 Å². The number of thiazole rings is 1. The van der Waals surface area contributed by atoms with Gasteiger partial charge in [0.1, 0.15) is 5.01 Å². The molecule has 1 fully saturated rings. The predicted octanol–water partition coefficient (Wildman–Crippen LogP) is 4.71. The van der Waals surface area contributed by atoms with Gasteiger partial charge in [0.05, 0.1) is 15.9 Å². The van der Waals surface area contributed by atoms with Gasteiger partial charge in [0, 0.05) is 12.0 Å². The molecule has 4 nitrogen and oxygen atoms in total. The van der Waals surface area contributed by atoms with E-state index in [9.17, 15) is 4.79 Å². The minimum absolute atomic E-state index is 0. The van der Waals surface area contributed by atoms with Crippen LogP contribution in [-0.2, 0) is 4.79 Å². The van der Waals surface area contributed by atoms with Crippen LogP contribution >= 0.6 is 23.7 Å². The van der Waals surface area contributed by atoms with Gasteiger partial charge in [-0.25, -0.2) is 4.98 Å². The predicted molar refractivity (Wildman–Crippen MR) is 111 cm³/mol. The van der Waals surface area contributed by atoms with Crippen molar-refractivity contribution in [1.82, 2.24) is 10.3 Å². The summed E-state index contributed by atoms with van der Waals surface area (Å²) in [4.78, 5) is 17.1. The molecule has 0 spiro atoms. The van der Waals surface area contributed by atoms with Crippen molar-refractivity contribution in [2.45, 2.75) is 19.3 Å². The Balaban J connectivity index is 0.00000196. The Hall–Kier alpha value is -1.95. The van der Waals surface area contributed by atoms with Crippen molar-refractivity contribution in [2.24, 2.45) is 5.92 Å². The number of carbonyl (C=O) groups is 1. The average molecular weight is 388 g/mol. The number of amides is 1. The van der Waals surface area contributed by atoms with Gasteiger partial charge < -0.3 is 10.6 Å². The molecule has 1 amide bonds. The number of para-hydroxylation sites is 2. The lowest BCUT2D eigenvalue weighted by Crippen LogP contribution is -2.15. The van der Waals surface area contributed by atoms with Gasteiger partial charge in [0.15, 0.2) is 0 Å². The lowest BCUT2D eigenvalue weighted by molar-refractivity contribution is -0.116. The number of rotatable bonds is 5. The molecule has 2 N–H and O–H groups in total. The normalized spacial score (nSPS) is 16.4. The Bertz CT molecular complexity index is 856. The highest BCUT2D eigenvalue weighted by Crippen LogP contribution is 2.34. The van der Waals surface area contributed by atoms with Gasteiger partial charge in [-0.3, -0.25) is 4.79 Å². The fourth-order valence-electron chi connectivity index (χ4n) is 3.27. The monoisotopic (exact) mass is 387 g/mol. The first-order valence-corrected chi connectivity index (χ1v) is 9.57. The first kappa shape index (κ1) is 18.8. The Morgan fingerprint density at radius 3 is 2.81 bits per heavy atom. The SMILES string of the molecule is Cl.O=C(CCC1CCNC1)Nc1ccccc1-c1nc2ccccc2s1. The largest absolute Gasteiger partial charge is 0.325 e. The molecule has 0 bridgehead atoms. The maximum Gasteiger partial charge on any atom is 0.224 e. The summed E-state index contributed by atoms with van der Waals surface area (Å²) in [5.41, 5.74) is 2.83. The minimum atomic E-state index is 0. The van der Waals surface area contributed by atoms with Crippen LogP contribution in [0.15, 0.2) is 48.5 Å². The second kappa shape index (κ2) is 8.62. The number of aromatic nitrogens is 1. The summed E-state index contributed by atoms with van der Waals surface area (Å²) in [7, 11) is 0. The van der Waals surface area contributed by atoms with Crippen molar-refractivity contribution < 1.29 is 4.79 Å². The summed E-state index contributed by atoms with van der Waals surface area (Å²) in [6.07, 6.45) is 2.69. The zero-order chi connectivity index (χ0) is 17.1. The molecule has 6 heteroatoms. The molecule has 4 rings (SSSR count). The van der Waals surface area contributed by atoms with Gasteiger partial charge >= 0.3 is 0 Å². The highest BCUT2D eigenvalue weighted by atomic mass is 35.5. The molecule has 26 heavy (non-hydrogen) atoms. The zero-order valence-corrected chi connectivity index (χ0v) is 16.0. The van der Waals surface area contributed by atoms with E-state index in [0.29, 0.717) is 12.3 Å². The maximum absolute atomic E-state index is 12.4. The van der Waals surface area contributed by atoms with Crippen LogP contribution in [0.5, 0.6) is 0 Å². The zero-order valence-electron chi connectivity index (χ0n) is 14.4. The van der Waals surface area contributed by atoms with E-state index in [0.717, 1.165) is 46.0 Å². The molecule has 2 aromatic carbocycles. The lowest BCUT2D eigenvalue weighted by Gasteiger charge is -2.11. The Morgan fingerprint density at radius 2 is 2.00 bits per heavy atom. The fourth-order valence-corrected chi connectivity index (χ4v) is 4.28. The second-order valence-corrected chi connectivity index (χ2v) is 7.51. The second-order valence-electron chi connectivity index (χ2n) is 6.48. The third kappa shape index (κ3) is 4.23. The number of benzene rings is 2. The Kier molecular flexibility index (Phi) is 6.25. The molecule has 0 saturated carbocycles. The summed E-state index contributed by atoms with van der Waals surface area (Å²) >= 11 is 1.65. The van der Waals surface area contributed by atoms with Gasteiger partial charge in [-0.2, -0.15) is 0 Å². The van der Waals surface area contributed by atoms with Crippen LogP contribution < -0.4 is 10.6 Å². The molecular formula is C20H22ClN3OS. The van der Waals surface area contributed by atoms with Crippen LogP contribution in [-0.4, -0.2) is 24.0 Å². The number of hydrogen-bond donors (Lipinski definition) is 2. The number of nitrogens with one attached hydrogen (secondary N) is 2. The molecule has 2 heterocycles. The molecule has 1 saturated heterocycles. The van der Waals surface area contributed by atoms with Crippen molar-refractivity contribution >= 4 is 45.6 Å². The summed E-state index contributed by atoms with van der Waals surface area (Å²) in [6.45, 7) is 2.11. The molecule has 1 aliphatic rings. The van der Waals surface area contributed by atoms with Crippen LogP contribution in [0.2, 0.25) is 0 Å². The third-order valence-electron chi connectivity index (χ3n) is 4.67. The highest BCUT2D eigenvalue weighted by molar-refractivity contribution is 7.21. The topological polar surface area (TPSA) is 54.0 Å². The lowest BCUT2D eigenvalue weighted by atomic mass is 10.0. The van der Waals surface area contributed by atoms with Gasteiger partial charge in [-0.15, -0.1) is 23.7 Å². The average Bonchev–Trinajstić information content (AvgIpc) is 3.30. The molecule has 1 aliphatic heterocycles. The maximum atomic E-state index is 12.4. The van der Waals surface area contributed by atoms with E-state index in [-0.39, 0.29) is 18.3 Å². The first-order chi connectivity index (χ1) is 12.3. The number of carbonyl (C=O) groups excluding carboxylic acids is 1. The molecule has 1 atom stereocenters. The number of anilines is 1. The molecule has 1 unspecified atom stereocenters. The van der Waals surface area contributed by atoms with E-state index in [4.69, 9.17) is 4.98 Å². The van der Waals surface area contributed by atoms with E-state index < -0.39 is 0 Å². The van der Waals surface area contributed by atoms with Gasteiger partial charge in [-0.05, 0) is 56.1 Å². The van der Waals surface area contributed by atoms with E-state index in [1.807, 2.05) is 42.5 Å². The fraction of sp³-hybridized carbons (Fsp3) is 0.300. The Morgan fingerprint density at radius 1 is 1.19 bits per heavy atom. The van der Waals surface area contributed by atoms with Crippen molar-refractivity contribution in [3.63, 3.8) is 0 Å². The van der Waals surface area contributed by atoms with Crippen molar-refractivity contribution in [2.75, 3.05) is 18.4 Å². The van der Waals surface area contributed by atoms with Crippen LogP contribution in [0.25, 0.3) is 20.8 Å². The van der Waals surface area contributed by atoms with E-state index >= 15 is 0 Å². The van der Waals surface area contributed by atoms with Crippen LogP contribution in [0, 0.1) is 5.92 Å². The number of halogens is 1. The summed E-state index contributed by atoms with van der Waals surface area (Å²) in [6, 6.07) is 16.0. The van der Waals surface area contributed by atoms with Crippen LogP contribution in [0.1, 0.15) is 19.3 Å². The standard InChI is InChI=1S/C20H21N3OS.ClH/c24-19(10-9-14-11-12-21-13-14)22-16-6-2-1-5-15(16)20-23-17-7-3-4-8-18(17)25-20;/h1-8,14,21H,9-13H2,(H,22,24);1H. The van der Waals surface area contributed by atoms with Crippen molar-refractivity contribution in [1.29, 1.82) is 0 Å². The first-order valence-electron chi connectivity index (χ1n) is 8.75. The summed E-state index contributed by atoms with van der Waals surface area (Å²) in [5, 5.41) is 7.38. The van der Waals surface area contributed by atoms with Crippen LogP contribution in [0.3, 0.4) is 0 Å². The summed E-state index contributed by atoms with van der Waals surface area (Å²) in [5.74, 6) is 0.714. The molecule has 3 aromatic rings. The molecule has 0 aliphatic carbocycles. The van der Waals surface area contributed by atoms with Gasteiger partial charge in [0.2, 0.25) is 5.91 Å². The van der Waals surface area contributed by atoms with Gasteiger partial charge in [-0.1, -0.05) is 24.3 Å². The van der Waals surface area contributed by atoms with E-state index in [2.05, 4.69) is 16.7 Å². The van der Waals surface area contributed by atoms with Gasteiger partial charge in [0.25, 0.3) is 0 Å². The quantitative estimate of drug-likeness (QED) is 0.666. The van der Waals surface area contributed by atoms with Crippen LogP contribution in [0.4, 0.5) is 5.69 Å². The minimum Gasteiger partial charge on any atom is -0.325 e. The van der Waals surface area contributed by atoms with Crippen molar-refractivity contribution in [3.8, 4) is 10.6 Å². The summed E-state index contributed by atoms with van der Waals surface area (Å²) < 4.78 is 1.16. The van der Waals surface area contributed by atoms with E-state index in [1.54, 1.807) is 11.3 Å².